The summed E-state index contributed by atoms with van der Waals surface area (Å²) in [6, 6.07) is 9.90. The third-order valence-electron chi connectivity index (χ3n) is 3.94. The van der Waals surface area contributed by atoms with Gasteiger partial charge in [0.15, 0.2) is 0 Å². The SMILES string of the molecule is Cc1c(OCCNc2ncnc(C(F)F)c2Cl)nn(C)c1-c1ccccc1. The lowest BCUT2D eigenvalue weighted by Gasteiger charge is -2.10. The van der Waals surface area contributed by atoms with E-state index in [1.165, 1.54) is 0 Å². The molecule has 0 atom stereocenters. The van der Waals surface area contributed by atoms with E-state index in [0.29, 0.717) is 12.4 Å². The van der Waals surface area contributed by atoms with Gasteiger partial charge in [-0.1, -0.05) is 41.9 Å². The van der Waals surface area contributed by atoms with E-state index >= 15 is 0 Å². The smallest absolute Gasteiger partial charge is 0.282 e. The third kappa shape index (κ3) is 4.16. The Bertz CT molecular complexity index is 918. The number of ether oxygens (including phenoxy) is 1. The van der Waals surface area contributed by atoms with Crippen LogP contribution in [0.4, 0.5) is 14.6 Å². The predicted molar refractivity (Wildman–Crippen MR) is 99.4 cm³/mol. The average Bonchev–Trinajstić information content (AvgIpc) is 2.94. The second kappa shape index (κ2) is 8.30. The van der Waals surface area contributed by atoms with Gasteiger partial charge in [0, 0.05) is 18.2 Å². The number of hydrogen-bond donors (Lipinski definition) is 1. The molecule has 0 spiro atoms. The Morgan fingerprint density at radius 3 is 2.67 bits per heavy atom. The van der Waals surface area contributed by atoms with Gasteiger partial charge in [0.1, 0.15) is 29.5 Å². The first-order chi connectivity index (χ1) is 13.0. The Morgan fingerprint density at radius 1 is 1.22 bits per heavy atom. The molecule has 3 aromatic rings. The van der Waals surface area contributed by atoms with Crippen molar-refractivity contribution in [2.45, 2.75) is 13.3 Å². The van der Waals surface area contributed by atoms with Crippen LogP contribution >= 0.6 is 11.6 Å². The van der Waals surface area contributed by atoms with E-state index in [1.54, 1.807) is 4.68 Å². The first kappa shape index (κ1) is 19.0. The van der Waals surface area contributed by atoms with Gasteiger partial charge in [-0.15, -0.1) is 5.10 Å². The van der Waals surface area contributed by atoms with Crippen LogP contribution in [0, 0.1) is 6.92 Å². The third-order valence-corrected chi connectivity index (χ3v) is 4.32. The van der Waals surface area contributed by atoms with Crippen LogP contribution < -0.4 is 10.1 Å². The summed E-state index contributed by atoms with van der Waals surface area (Å²) >= 11 is 5.89. The van der Waals surface area contributed by atoms with Gasteiger partial charge >= 0.3 is 0 Å². The molecule has 0 saturated heterocycles. The molecule has 0 aliphatic heterocycles. The Labute approximate surface area is 160 Å². The highest BCUT2D eigenvalue weighted by Crippen LogP contribution is 2.30. The normalized spacial score (nSPS) is 11.0. The van der Waals surface area contributed by atoms with Gasteiger partial charge in [-0.3, -0.25) is 4.68 Å². The Morgan fingerprint density at radius 2 is 1.96 bits per heavy atom. The fourth-order valence-corrected chi connectivity index (χ4v) is 2.96. The molecule has 0 aliphatic rings. The maximum absolute atomic E-state index is 12.8. The van der Waals surface area contributed by atoms with Crippen LogP contribution in [0.25, 0.3) is 11.3 Å². The number of nitrogens with zero attached hydrogens (tertiary/aromatic N) is 4. The summed E-state index contributed by atoms with van der Waals surface area (Å²) < 4.78 is 33.1. The largest absolute Gasteiger partial charge is 0.475 e. The number of anilines is 1. The van der Waals surface area contributed by atoms with E-state index in [1.807, 2.05) is 44.3 Å². The molecule has 6 nitrogen and oxygen atoms in total. The van der Waals surface area contributed by atoms with E-state index in [0.717, 1.165) is 23.1 Å². The van der Waals surface area contributed by atoms with Crippen molar-refractivity contribution in [3.63, 3.8) is 0 Å². The van der Waals surface area contributed by atoms with Crippen molar-refractivity contribution in [3.05, 3.63) is 52.9 Å². The van der Waals surface area contributed by atoms with Crippen LogP contribution in [0.5, 0.6) is 5.88 Å². The highest BCUT2D eigenvalue weighted by atomic mass is 35.5. The topological polar surface area (TPSA) is 64.9 Å². The summed E-state index contributed by atoms with van der Waals surface area (Å²) in [5.74, 6) is 0.661. The van der Waals surface area contributed by atoms with Crippen molar-refractivity contribution >= 4 is 17.4 Å². The molecular formula is C18H18ClF2N5O. The van der Waals surface area contributed by atoms with Gasteiger partial charge < -0.3 is 10.1 Å². The predicted octanol–water partition coefficient (Wildman–Crippen LogP) is 4.27. The highest BCUT2D eigenvalue weighted by Gasteiger charge is 2.18. The maximum atomic E-state index is 12.8. The molecule has 0 unspecified atom stereocenters. The first-order valence-corrected chi connectivity index (χ1v) is 8.61. The molecule has 142 valence electrons. The van der Waals surface area contributed by atoms with Crippen LogP contribution in [0.3, 0.4) is 0 Å². The number of halogens is 3. The Balaban J connectivity index is 1.63. The molecule has 0 radical (unpaired) electrons. The lowest BCUT2D eigenvalue weighted by Crippen LogP contribution is -2.14. The van der Waals surface area contributed by atoms with E-state index in [9.17, 15) is 8.78 Å². The number of benzene rings is 1. The lowest BCUT2D eigenvalue weighted by molar-refractivity contribution is 0.146. The van der Waals surface area contributed by atoms with Crippen molar-refractivity contribution in [1.82, 2.24) is 19.7 Å². The van der Waals surface area contributed by atoms with Gasteiger partial charge in [0.25, 0.3) is 6.43 Å². The zero-order chi connectivity index (χ0) is 19.4. The van der Waals surface area contributed by atoms with E-state index in [2.05, 4.69) is 20.4 Å². The number of aromatic nitrogens is 4. The zero-order valence-electron chi connectivity index (χ0n) is 14.8. The molecule has 0 saturated carbocycles. The molecule has 9 heteroatoms. The van der Waals surface area contributed by atoms with Crippen LogP contribution in [-0.2, 0) is 7.05 Å². The van der Waals surface area contributed by atoms with E-state index in [-0.39, 0.29) is 17.4 Å². The Kier molecular flexibility index (Phi) is 5.85. The quantitative estimate of drug-likeness (QED) is 0.607. The van der Waals surface area contributed by atoms with Crippen molar-refractivity contribution in [2.24, 2.45) is 7.05 Å². The van der Waals surface area contributed by atoms with Crippen molar-refractivity contribution in [3.8, 4) is 17.1 Å². The summed E-state index contributed by atoms with van der Waals surface area (Å²) in [5, 5.41) is 7.09. The van der Waals surface area contributed by atoms with Crippen LogP contribution in [0.2, 0.25) is 5.02 Å². The second-order valence-electron chi connectivity index (χ2n) is 5.77. The minimum Gasteiger partial charge on any atom is -0.475 e. The summed E-state index contributed by atoms with van der Waals surface area (Å²) in [4.78, 5) is 7.37. The minimum absolute atomic E-state index is 0.147. The fraction of sp³-hybridized carbons (Fsp3) is 0.278. The average molecular weight is 394 g/mol. The number of rotatable bonds is 7. The van der Waals surface area contributed by atoms with Crippen LogP contribution in [-0.4, -0.2) is 32.9 Å². The summed E-state index contributed by atoms with van der Waals surface area (Å²) in [6.45, 7) is 2.51. The maximum Gasteiger partial charge on any atom is 0.282 e. The Hall–Kier alpha value is -2.74. The number of aryl methyl sites for hydroxylation is 1. The molecule has 0 amide bonds. The molecule has 2 heterocycles. The van der Waals surface area contributed by atoms with Crippen molar-refractivity contribution < 1.29 is 13.5 Å². The van der Waals surface area contributed by atoms with Crippen molar-refractivity contribution in [1.29, 1.82) is 0 Å². The van der Waals surface area contributed by atoms with Gasteiger partial charge in [-0.2, -0.15) is 0 Å². The number of hydrogen-bond acceptors (Lipinski definition) is 5. The second-order valence-corrected chi connectivity index (χ2v) is 6.14. The first-order valence-electron chi connectivity index (χ1n) is 8.23. The summed E-state index contributed by atoms with van der Waals surface area (Å²) in [7, 11) is 1.85. The molecule has 0 bridgehead atoms. The molecule has 27 heavy (non-hydrogen) atoms. The minimum atomic E-state index is -2.76. The summed E-state index contributed by atoms with van der Waals surface area (Å²) in [5.41, 5.74) is 2.44. The fourth-order valence-electron chi connectivity index (χ4n) is 2.72. The number of alkyl halides is 2. The molecule has 1 aromatic carbocycles. The van der Waals surface area contributed by atoms with Crippen LogP contribution in [0.1, 0.15) is 17.7 Å². The molecule has 0 aliphatic carbocycles. The van der Waals surface area contributed by atoms with Gasteiger partial charge in [0.2, 0.25) is 5.88 Å². The standard InChI is InChI=1S/C18H18ClF2N5O/c1-11-15(12-6-4-3-5-7-12)26(2)25-18(11)27-9-8-22-17-13(19)14(16(20)21)23-10-24-17/h3-7,10,16H,8-9H2,1-2H3,(H,22,23,24). The molecule has 0 fully saturated rings. The van der Waals surface area contributed by atoms with Gasteiger partial charge in [-0.25, -0.2) is 18.7 Å². The molecule has 1 N–H and O–H groups in total. The van der Waals surface area contributed by atoms with Gasteiger partial charge in [-0.05, 0) is 6.92 Å². The molecule has 2 aromatic heterocycles. The zero-order valence-corrected chi connectivity index (χ0v) is 15.5. The summed E-state index contributed by atoms with van der Waals surface area (Å²) in [6.07, 6.45) is -1.71. The van der Waals surface area contributed by atoms with Crippen molar-refractivity contribution in [2.75, 3.05) is 18.5 Å². The van der Waals surface area contributed by atoms with Gasteiger partial charge in [0.05, 0.1) is 12.2 Å². The monoisotopic (exact) mass is 393 g/mol. The molecular weight excluding hydrogens is 376 g/mol. The van der Waals surface area contributed by atoms with E-state index < -0.39 is 12.1 Å². The van der Waals surface area contributed by atoms with Crippen LogP contribution in [0.15, 0.2) is 36.7 Å². The van der Waals surface area contributed by atoms with E-state index in [4.69, 9.17) is 16.3 Å². The molecule has 3 rings (SSSR count). The highest BCUT2D eigenvalue weighted by molar-refractivity contribution is 6.33. The lowest BCUT2D eigenvalue weighted by atomic mass is 10.1. The number of nitrogens with one attached hydrogen (secondary N) is 1.